The lowest BCUT2D eigenvalue weighted by atomic mass is 10.2. The first-order valence-corrected chi connectivity index (χ1v) is 6.26. The summed E-state index contributed by atoms with van der Waals surface area (Å²) >= 11 is 0. The van der Waals surface area contributed by atoms with Crippen molar-refractivity contribution < 1.29 is 19.1 Å². The van der Waals surface area contributed by atoms with E-state index in [9.17, 15) is 9.59 Å². The molecular formula is C16H18O4. The molecule has 0 N–H and O–H groups in total. The van der Waals surface area contributed by atoms with Crippen LogP contribution in [-0.2, 0) is 9.59 Å². The van der Waals surface area contributed by atoms with E-state index in [0.29, 0.717) is 11.5 Å². The molecule has 1 aromatic rings. The molecule has 0 aliphatic heterocycles. The van der Waals surface area contributed by atoms with Gasteiger partial charge in [0, 0.05) is 6.07 Å². The Balaban J connectivity index is 2.76. The Labute approximate surface area is 118 Å². The minimum absolute atomic E-state index is 0.320. The SMILES string of the molecule is C=CC(C)C(=O)Oc1cccc(OC(=O)C(C)C=C)c1. The predicted octanol–water partition coefficient (Wildman–Crippen LogP) is 3.14. The van der Waals surface area contributed by atoms with E-state index >= 15 is 0 Å². The highest BCUT2D eigenvalue weighted by Crippen LogP contribution is 2.21. The molecule has 2 atom stereocenters. The quantitative estimate of drug-likeness (QED) is 0.454. The summed E-state index contributed by atoms with van der Waals surface area (Å²) in [6.07, 6.45) is 3.00. The molecule has 106 valence electrons. The van der Waals surface area contributed by atoms with Gasteiger partial charge in [0.25, 0.3) is 0 Å². The number of rotatable bonds is 6. The smallest absolute Gasteiger partial charge is 0.317 e. The zero-order chi connectivity index (χ0) is 15.1. The van der Waals surface area contributed by atoms with Gasteiger partial charge in [0.15, 0.2) is 0 Å². The lowest BCUT2D eigenvalue weighted by Gasteiger charge is -2.10. The molecule has 0 saturated heterocycles. The summed E-state index contributed by atoms with van der Waals surface area (Å²) in [7, 11) is 0. The summed E-state index contributed by atoms with van der Waals surface area (Å²) in [5, 5.41) is 0. The fourth-order valence-electron chi connectivity index (χ4n) is 1.21. The number of carbonyl (C=O) groups is 2. The van der Waals surface area contributed by atoms with Gasteiger partial charge in [-0.25, -0.2) is 0 Å². The lowest BCUT2D eigenvalue weighted by molar-refractivity contribution is -0.137. The minimum atomic E-state index is -0.414. The van der Waals surface area contributed by atoms with Gasteiger partial charge in [-0.2, -0.15) is 0 Å². The second-order valence-corrected chi connectivity index (χ2v) is 4.37. The van der Waals surface area contributed by atoms with Crippen molar-refractivity contribution in [2.45, 2.75) is 13.8 Å². The Hall–Kier alpha value is -2.36. The summed E-state index contributed by atoms with van der Waals surface area (Å²) in [6.45, 7) is 10.4. The largest absolute Gasteiger partial charge is 0.426 e. The first kappa shape index (κ1) is 15.7. The van der Waals surface area contributed by atoms with Crippen LogP contribution in [0, 0.1) is 11.8 Å². The van der Waals surface area contributed by atoms with Gasteiger partial charge in [-0.05, 0) is 26.0 Å². The molecular weight excluding hydrogens is 256 g/mol. The highest BCUT2D eigenvalue weighted by atomic mass is 16.5. The van der Waals surface area contributed by atoms with Crippen LogP contribution in [0.5, 0.6) is 11.5 Å². The van der Waals surface area contributed by atoms with E-state index in [4.69, 9.17) is 9.47 Å². The van der Waals surface area contributed by atoms with Crippen molar-refractivity contribution >= 4 is 11.9 Å². The summed E-state index contributed by atoms with van der Waals surface area (Å²) < 4.78 is 10.3. The molecule has 0 bridgehead atoms. The van der Waals surface area contributed by atoms with Crippen LogP contribution in [0.15, 0.2) is 49.6 Å². The van der Waals surface area contributed by atoms with Crippen LogP contribution in [0.2, 0.25) is 0 Å². The summed E-state index contributed by atoms with van der Waals surface area (Å²) in [4.78, 5) is 23.2. The van der Waals surface area contributed by atoms with E-state index in [1.54, 1.807) is 32.0 Å². The molecule has 1 aromatic carbocycles. The fourth-order valence-corrected chi connectivity index (χ4v) is 1.21. The number of esters is 2. The van der Waals surface area contributed by atoms with Crippen molar-refractivity contribution in [1.82, 2.24) is 0 Å². The Morgan fingerprint density at radius 1 is 1.00 bits per heavy atom. The van der Waals surface area contributed by atoms with Crippen LogP contribution in [0.4, 0.5) is 0 Å². The van der Waals surface area contributed by atoms with E-state index in [-0.39, 0.29) is 0 Å². The second-order valence-electron chi connectivity index (χ2n) is 4.37. The first-order chi connectivity index (χ1) is 9.47. The first-order valence-electron chi connectivity index (χ1n) is 6.26. The second kappa shape index (κ2) is 7.28. The maximum absolute atomic E-state index is 11.6. The van der Waals surface area contributed by atoms with E-state index in [1.165, 1.54) is 18.2 Å². The third kappa shape index (κ3) is 4.39. The third-order valence-electron chi connectivity index (χ3n) is 2.69. The van der Waals surface area contributed by atoms with Crippen molar-refractivity contribution in [1.29, 1.82) is 0 Å². The Morgan fingerprint density at radius 3 is 1.75 bits per heavy atom. The van der Waals surface area contributed by atoms with Crippen molar-refractivity contribution in [3.05, 3.63) is 49.6 Å². The summed E-state index contributed by atoms with van der Waals surface area (Å²) in [5.74, 6) is -0.990. The minimum Gasteiger partial charge on any atom is -0.426 e. The van der Waals surface area contributed by atoms with Gasteiger partial charge in [-0.1, -0.05) is 18.2 Å². The molecule has 0 radical (unpaired) electrons. The van der Waals surface area contributed by atoms with Gasteiger partial charge in [0.1, 0.15) is 11.5 Å². The van der Waals surface area contributed by atoms with Gasteiger partial charge in [-0.3, -0.25) is 9.59 Å². The Bertz CT molecular complexity index is 476. The van der Waals surface area contributed by atoms with Crippen LogP contribution in [0.1, 0.15) is 13.8 Å². The van der Waals surface area contributed by atoms with E-state index in [1.807, 2.05) is 0 Å². The molecule has 20 heavy (non-hydrogen) atoms. The zero-order valence-electron chi connectivity index (χ0n) is 11.7. The van der Waals surface area contributed by atoms with Crippen molar-refractivity contribution in [3.8, 4) is 11.5 Å². The molecule has 0 spiro atoms. The molecule has 0 saturated carbocycles. The molecule has 4 nitrogen and oxygen atoms in total. The van der Waals surface area contributed by atoms with Gasteiger partial charge in [0.05, 0.1) is 11.8 Å². The van der Waals surface area contributed by atoms with E-state index in [2.05, 4.69) is 13.2 Å². The Kier molecular flexibility index (Phi) is 5.72. The normalized spacial score (nSPS) is 12.9. The summed E-state index contributed by atoms with van der Waals surface area (Å²) in [5.41, 5.74) is 0. The van der Waals surface area contributed by atoms with Crippen molar-refractivity contribution in [2.24, 2.45) is 11.8 Å². The van der Waals surface area contributed by atoms with Crippen LogP contribution in [-0.4, -0.2) is 11.9 Å². The lowest BCUT2D eigenvalue weighted by Crippen LogP contribution is -2.17. The van der Waals surface area contributed by atoms with Crippen LogP contribution < -0.4 is 9.47 Å². The zero-order valence-corrected chi connectivity index (χ0v) is 11.7. The molecule has 0 fully saturated rings. The van der Waals surface area contributed by atoms with E-state index < -0.39 is 23.8 Å². The van der Waals surface area contributed by atoms with Gasteiger partial charge in [-0.15, -0.1) is 13.2 Å². The maximum Gasteiger partial charge on any atom is 0.317 e. The fraction of sp³-hybridized carbons (Fsp3) is 0.250. The van der Waals surface area contributed by atoms with E-state index in [0.717, 1.165) is 0 Å². The maximum atomic E-state index is 11.6. The molecule has 2 unspecified atom stereocenters. The molecule has 1 rings (SSSR count). The van der Waals surface area contributed by atoms with Crippen LogP contribution in [0.25, 0.3) is 0 Å². The van der Waals surface area contributed by atoms with Crippen LogP contribution in [0.3, 0.4) is 0 Å². The van der Waals surface area contributed by atoms with Crippen molar-refractivity contribution in [3.63, 3.8) is 0 Å². The molecule has 0 aliphatic carbocycles. The number of hydrogen-bond acceptors (Lipinski definition) is 4. The molecule has 0 heterocycles. The average molecular weight is 274 g/mol. The number of hydrogen-bond donors (Lipinski definition) is 0. The topological polar surface area (TPSA) is 52.6 Å². The molecule has 4 heteroatoms. The van der Waals surface area contributed by atoms with Gasteiger partial charge in [0.2, 0.25) is 0 Å². The molecule has 0 aromatic heterocycles. The number of ether oxygens (including phenoxy) is 2. The number of carbonyl (C=O) groups excluding carboxylic acids is 2. The monoisotopic (exact) mass is 274 g/mol. The van der Waals surface area contributed by atoms with Gasteiger partial charge < -0.3 is 9.47 Å². The average Bonchev–Trinajstić information content (AvgIpc) is 2.45. The third-order valence-corrected chi connectivity index (χ3v) is 2.69. The number of benzene rings is 1. The molecule has 0 aliphatic rings. The molecule has 0 amide bonds. The standard InChI is InChI=1S/C16H18O4/c1-5-11(3)15(17)19-13-8-7-9-14(10-13)20-16(18)12(4)6-2/h5-12H,1-2H2,3-4H3. The van der Waals surface area contributed by atoms with Crippen LogP contribution >= 0.6 is 0 Å². The Morgan fingerprint density at radius 2 is 1.40 bits per heavy atom. The van der Waals surface area contributed by atoms with Crippen molar-refractivity contribution in [2.75, 3.05) is 0 Å². The predicted molar refractivity (Wildman–Crippen MR) is 76.4 cm³/mol. The highest BCUT2D eigenvalue weighted by molar-refractivity contribution is 5.77. The highest BCUT2D eigenvalue weighted by Gasteiger charge is 2.14. The van der Waals surface area contributed by atoms with Gasteiger partial charge >= 0.3 is 11.9 Å². The summed E-state index contributed by atoms with van der Waals surface area (Å²) in [6, 6.07) is 6.35.